The van der Waals surface area contributed by atoms with Gasteiger partial charge >= 0.3 is 0 Å². The SMILES string of the molecule is CCOC(C(=O)c1c(Br)cnn1CCOC)C(C)(C)C. The molecule has 0 radical (unpaired) electrons. The molecule has 1 aromatic heterocycles. The number of carbonyl (C=O) groups is 1. The van der Waals surface area contributed by atoms with Crippen LogP contribution in [0.4, 0.5) is 0 Å². The van der Waals surface area contributed by atoms with Gasteiger partial charge in [0.1, 0.15) is 11.8 Å². The third-order valence-electron chi connectivity index (χ3n) is 2.89. The van der Waals surface area contributed by atoms with Crippen molar-refractivity contribution in [2.24, 2.45) is 5.41 Å². The number of ether oxygens (including phenoxy) is 2. The lowest BCUT2D eigenvalue weighted by Gasteiger charge is -2.29. The maximum atomic E-state index is 12.8. The van der Waals surface area contributed by atoms with E-state index in [9.17, 15) is 4.79 Å². The summed E-state index contributed by atoms with van der Waals surface area (Å²) in [5.74, 6) is -0.0557. The van der Waals surface area contributed by atoms with E-state index in [0.717, 1.165) is 0 Å². The van der Waals surface area contributed by atoms with E-state index in [1.165, 1.54) is 0 Å². The van der Waals surface area contributed by atoms with Crippen molar-refractivity contribution in [3.63, 3.8) is 0 Å². The van der Waals surface area contributed by atoms with Crippen molar-refractivity contribution in [2.75, 3.05) is 20.3 Å². The van der Waals surface area contributed by atoms with Crippen molar-refractivity contribution < 1.29 is 14.3 Å². The molecule has 0 fully saturated rings. The van der Waals surface area contributed by atoms with Crippen LogP contribution >= 0.6 is 15.9 Å². The molecule has 6 heteroatoms. The van der Waals surface area contributed by atoms with Crippen LogP contribution in [0.25, 0.3) is 0 Å². The van der Waals surface area contributed by atoms with Gasteiger partial charge in [0.25, 0.3) is 0 Å². The zero-order valence-electron chi connectivity index (χ0n) is 12.8. The van der Waals surface area contributed by atoms with E-state index in [-0.39, 0.29) is 11.2 Å². The normalized spacial score (nSPS) is 13.5. The molecule has 1 unspecified atom stereocenters. The number of halogens is 1. The minimum atomic E-state index is -0.498. The van der Waals surface area contributed by atoms with Gasteiger partial charge in [-0.25, -0.2) is 0 Å². The van der Waals surface area contributed by atoms with Gasteiger partial charge in [0.15, 0.2) is 0 Å². The topological polar surface area (TPSA) is 53.3 Å². The van der Waals surface area contributed by atoms with Crippen LogP contribution in [0.2, 0.25) is 0 Å². The van der Waals surface area contributed by atoms with E-state index in [0.29, 0.717) is 29.9 Å². The van der Waals surface area contributed by atoms with E-state index in [1.807, 2.05) is 27.7 Å². The van der Waals surface area contributed by atoms with Gasteiger partial charge in [0, 0.05) is 13.7 Å². The van der Waals surface area contributed by atoms with Gasteiger partial charge in [0.05, 0.1) is 23.8 Å². The zero-order chi connectivity index (χ0) is 15.3. The smallest absolute Gasteiger partial charge is 0.211 e. The molecule has 0 bridgehead atoms. The van der Waals surface area contributed by atoms with Gasteiger partial charge in [-0.1, -0.05) is 20.8 Å². The first kappa shape index (κ1) is 17.3. The highest BCUT2D eigenvalue weighted by molar-refractivity contribution is 9.10. The van der Waals surface area contributed by atoms with Crippen LogP contribution < -0.4 is 0 Å². The molecule has 114 valence electrons. The van der Waals surface area contributed by atoms with Crippen LogP contribution in [0.15, 0.2) is 10.7 Å². The predicted octanol–water partition coefficient (Wildman–Crippen LogP) is 2.93. The first-order valence-corrected chi connectivity index (χ1v) is 7.48. The van der Waals surface area contributed by atoms with E-state index in [4.69, 9.17) is 9.47 Å². The maximum Gasteiger partial charge on any atom is 0.211 e. The van der Waals surface area contributed by atoms with Crippen molar-refractivity contribution >= 4 is 21.7 Å². The quantitative estimate of drug-likeness (QED) is 0.712. The Morgan fingerprint density at radius 2 is 2.15 bits per heavy atom. The number of nitrogens with zero attached hydrogens (tertiary/aromatic N) is 2. The summed E-state index contributed by atoms with van der Waals surface area (Å²) in [6, 6.07) is 0. The molecule has 0 amide bonds. The second kappa shape index (κ2) is 7.33. The van der Waals surface area contributed by atoms with Crippen LogP contribution in [0, 0.1) is 5.41 Å². The molecule has 5 nitrogen and oxygen atoms in total. The largest absolute Gasteiger partial charge is 0.383 e. The average Bonchev–Trinajstić information content (AvgIpc) is 2.72. The Hall–Kier alpha value is -0.720. The van der Waals surface area contributed by atoms with Crippen LogP contribution in [0.1, 0.15) is 38.2 Å². The Morgan fingerprint density at radius 1 is 1.50 bits per heavy atom. The van der Waals surface area contributed by atoms with E-state index >= 15 is 0 Å². The van der Waals surface area contributed by atoms with Crippen LogP contribution in [0.3, 0.4) is 0 Å². The molecule has 1 rings (SSSR count). The third kappa shape index (κ3) is 4.14. The van der Waals surface area contributed by atoms with Gasteiger partial charge in [-0.15, -0.1) is 0 Å². The highest BCUT2D eigenvalue weighted by Crippen LogP contribution is 2.28. The fraction of sp³-hybridized carbons (Fsp3) is 0.714. The zero-order valence-corrected chi connectivity index (χ0v) is 14.4. The molecule has 20 heavy (non-hydrogen) atoms. The number of aromatic nitrogens is 2. The molecule has 0 saturated heterocycles. The molecule has 0 saturated carbocycles. The van der Waals surface area contributed by atoms with Gasteiger partial charge in [-0.05, 0) is 28.3 Å². The van der Waals surface area contributed by atoms with Crippen molar-refractivity contribution in [3.05, 3.63) is 16.4 Å². The molecular weight excluding hydrogens is 324 g/mol. The fourth-order valence-electron chi connectivity index (χ4n) is 1.96. The summed E-state index contributed by atoms with van der Waals surface area (Å²) in [4.78, 5) is 12.8. The molecule has 1 atom stereocenters. The number of Topliss-reactive ketones (excluding diaryl/α,β-unsaturated/α-hetero) is 1. The first-order valence-electron chi connectivity index (χ1n) is 6.69. The third-order valence-corrected chi connectivity index (χ3v) is 3.47. The van der Waals surface area contributed by atoms with E-state index < -0.39 is 6.10 Å². The fourth-order valence-corrected chi connectivity index (χ4v) is 2.46. The second-order valence-electron chi connectivity index (χ2n) is 5.62. The van der Waals surface area contributed by atoms with Crippen molar-refractivity contribution in [3.8, 4) is 0 Å². The first-order chi connectivity index (χ1) is 9.32. The lowest BCUT2D eigenvalue weighted by atomic mass is 9.85. The summed E-state index contributed by atoms with van der Waals surface area (Å²) in [5, 5.41) is 4.21. The van der Waals surface area contributed by atoms with E-state index in [2.05, 4.69) is 21.0 Å². The summed E-state index contributed by atoms with van der Waals surface area (Å²) in [5.41, 5.74) is 0.263. The minimum absolute atomic E-state index is 0.0557. The van der Waals surface area contributed by atoms with Gasteiger partial charge in [-0.2, -0.15) is 5.10 Å². The molecule has 0 aliphatic carbocycles. The summed E-state index contributed by atoms with van der Waals surface area (Å²) >= 11 is 3.40. The molecular formula is C14H23BrN2O3. The van der Waals surface area contributed by atoms with E-state index in [1.54, 1.807) is 18.0 Å². The van der Waals surface area contributed by atoms with Crippen LogP contribution in [0.5, 0.6) is 0 Å². The summed E-state index contributed by atoms with van der Waals surface area (Å²) < 4.78 is 13.1. The average molecular weight is 347 g/mol. The highest BCUT2D eigenvalue weighted by atomic mass is 79.9. The number of ketones is 1. The van der Waals surface area contributed by atoms with Gasteiger partial charge < -0.3 is 9.47 Å². The number of carbonyl (C=O) groups excluding carboxylic acids is 1. The predicted molar refractivity (Wildman–Crippen MR) is 81.0 cm³/mol. The Kier molecular flexibility index (Phi) is 6.36. The summed E-state index contributed by atoms with van der Waals surface area (Å²) in [6.07, 6.45) is 1.14. The minimum Gasteiger partial charge on any atom is -0.383 e. The van der Waals surface area contributed by atoms with Crippen LogP contribution in [-0.4, -0.2) is 42.0 Å². The molecule has 0 spiro atoms. The molecule has 0 aliphatic heterocycles. The van der Waals surface area contributed by atoms with Crippen molar-refractivity contribution in [1.82, 2.24) is 9.78 Å². The highest BCUT2D eigenvalue weighted by Gasteiger charge is 2.35. The Bertz CT molecular complexity index is 452. The van der Waals surface area contributed by atoms with Gasteiger partial charge in [0.2, 0.25) is 5.78 Å². The monoisotopic (exact) mass is 346 g/mol. The molecule has 0 N–H and O–H groups in total. The van der Waals surface area contributed by atoms with Crippen molar-refractivity contribution in [2.45, 2.75) is 40.3 Å². The standard InChI is InChI=1S/C14H23BrN2O3/c1-6-20-13(14(2,3)4)12(18)11-10(15)9-16-17(11)7-8-19-5/h9,13H,6-8H2,1-5H3. The Morgan fingerprint density at radius 3 is 2.65 bits per heavy atom. The molecule has 1 heterocycles. The lowest BCUT2D eigenvalue weighted by molar-refractivity contribution is -0.00107. The van der Waals surface area contributed by atoms with Crippen LogP contribution in [-0.2, 0) is 16.0 Å². The van der Waals surface area contributed by atoms with Crippen molar-refractivity contribution in [1.29, 1.82) is 0 Å². The number of methoxy groups -OCH3 is 1. The maximum absolute atomic E-state index is 12.8. The molecule has 0 aliphatic rings. The lowest BCUT2D eigenvalue weighted by Crippen LogP contribution is -2.38. The number of hydrogen-bond acceptors (Lipinski definition) is 4. The molecule has 0 aromatic carbocycles. The summed E-state index contributed by atoms with van der Waals surface area (Å²) in [6.45, 7) is 9.41. The Labute approximate surface area is 128 Å². The number of hydrogen-bond donors (Lipinski definition) is 0. The number of rotatable bonds is 7. The molecule has 1 aromatic rings. The Balaban J connectivity index is 3.08. The summed E-state index contributed by atoms with van der Waals surface area (Å²) in [7, 11) is 1.62. The van der Waals surface area contributed by atoms with Gasteiger partial charge in [-0.3, -0.25) is 9.48 Å². The second-order valence-corrected chi connectivity index (χ2v) is 6.48.